The van der Waals surface area contributed by atoms with Crippen LogP contribution in [0.15, 0.2) is 24.3 Å². The molecule has 0 saturated carbocycles. The Labute approximate surface area is 91.9 Å². The fourth-order valence-electron chi connectivity index (χ4n) is 1.73. The summed E-state index contributed by atoms with van der Waals surface area (Å²) in [5.74, 6) is 0. The molecule has 0 fully saturated rings. The number of para-hydroxylation sites is 1. The zero-order valence-corrected chi connectivity index (χ0v) is 9.49. The van der Waals surface area contributed by atoms with E-state index in [1.165, 1.54) is 0 Å². The molecule has 81 valence electrons. The Morgan fingerprint density at radius 2 is 1.73 bits per heavy atom. The van der Waals surface area contributed by atoms with Gasteiger partial charge in [0.25, 0.3) is 0 Å². The minimum Gasteiger partial charge on any atom is -0.371 e. The van der Waals surface area contributed by atoms with Gasteiger partial charge in [-0.1, -0.05) is 26.0 Å². The van der Waals surface area contributed by atoms with Crippen molar-refractivity contribution in [2.24, 2.45) is 0 Å². The largest absolute Gasteiger partial charge is 0.371 e. The second kappa shape index (κ2) is 6.23. The Morgan fingerprint density at radius 3 is 2.27 bits per heavy atom. The van der Waals surface area contributed by atoms with Crippen molar-refractivity contribution < 1.29 is 4.79 Å². The van der Waals surface area contributed by atoms with Gasteiger partial charge < -0.3 is 4.90 Å². The quantitative estimate of drug-likeness (QED) is 0.710. The first-order chi connectivity index (χ1) is 7.33. The zero-order chi connectivity index (χ0) is 11.1. The maximum absolute atomic E-state index is 10.8. The summed E-state index contributed by atoms with van der Waals surface area (Å²) >= 11 is 0. The summed E-state index contributed by atoms with van der Waals surface area (Å²) in [4.78, 5) is 13.0. The van der Waals surface area contributed by atoms with Crippen LogP contribution >= 0.6 is 0 Å². The molecule has 1 aromatic carbocycles. The van der Waals surface area contributed by atoms with Gasteiger partial charge in [0.1, 0.15) is 0 Å². The molecule has 1 aromatic rings. The number of carbonyl (C=O) groups excluding carboxylic acids is 1. The predicted octanol–water partition coefficient (Wildman–Crippen LogP) is 2.77. The molecule has 0 aliphatic carbocycles. The van der Waals surface area contributed by atoms with Gasteiger partial charge in [0.2, 0.25) is 6.29 Å². The molecule has 1 radical (unpaired) electrons. The van der Waals surface area contributed by atoms with Crippen molar-refractivity contribution in [2.75, 3.05) is 18.0 Å². The van der Waals surface area contributed by atoms with E-state index in [0.29, 0.717) is 5.56 Å². The van der Waals surface area contributed by atoms with Gasteiger partial charge in [-0.15, -0.1) is 0 Å². The van der Waals surface area contributed by atoms with E-state index in [1.54, 1.807) is 0 Å². The van der Waals surface area contributed by atoms with E-state index < -0.39 is 0 Å². The van der Waals surface area contributed by atoms with Crippen molar-refractivity contribution in [3.05, 3.63) is 29.8 Å². The average molecular weight is 204 g/mol. The number of hydrogen-bond acceptors (Lipinski definition) is 2. The summed E-state index contributed by atoms with van der Waals surface area (Å²) in [7, 11) is 0. The molecule has 0 aliphatic rings. The summed E-state index contributed by atoms with van der Waals surface area (Å²) in [6.45, 7) is 6.28. The lowest BCUT2D eigenvalue weighted by Crippen LogP contribution is -2.25. The van der Waals surface area contributed by atoms with Crippen LogP contribution in [0.1, 0.15) is 32.3 Å². The smallest absolute Gasteiger partial charge is 0.235 e. The summed E-state index contributed by atoms with van der Waals surface area (Å²) in [5.41, 5.74) is 1.68. The molecule has 2 heteroatoms. The van der Waals surface area contributed by atoms with Gasteiger partial charge in [-0.25, -0.2) is 0 Å². The fourth-order valence-corrected chi connectivity index (χ4v) is 1.73. The summed E-state index contributed by atoms with van der Waals surface area (Å²) in [6, 6.07) is 7.65. The highest BCUT2D eigenvalue weighted by atomic mass is 16.1. The standard InChI is InChI=1S/C13H18NO/c1-3-9-14(10-4-2)13-8-6-5-7-12(13)11-15/h5-8H,3-4,9-10H2,1-2H3. The molecule has 0 heterocycles. The number of anilines is 1. The van der Waals surface area contributed by atoms with Crippen LogP contribution in [0.4, 0.5) is 5.69 Å². The van der Waals surface area contributed by atoms with Gasteiger partial charge in [-0.3, -0.25) is 4.79 Å². The Balaban J connectivity index is 2.92. The van der Waals surface area contributed by atoms with E-state index in [4.69, 9.17) is 0 Å². The summed E-state index contributed by atoms with van der Waals surface area (Å²) in [5, 5.41) is 0. The molecule has 0 N–H and O–H groups in total. The normalized spacial score (nSPS) is 10.0. The van der Waals surface area contributed by atoms with Gasteiger partial charge >= 0.3 is 0 Å². The first-order valence-corrected chi connectivity index (χ1v) is 5.55. The molecule has 15 heavy (non-hydrogen) atoms. The molecule has 1 rings (SSSR count). The highest BCUT2D eigenvalue weighted by Gasteiger charge is 2.08. The van der Waals surface area contributed by atoms with Gasteiger partial charge in [0.15, 0.2) is 0 Å². The molecule has 2 nitrogen and oxygen atoms in total. The van der Waals surface area contributed by atoms with Crippen molar-refractivity contribution >= 4 is 12.0 Å². The predicted molar refractivity (Wildman–Crippen MR) is 64.0 cm³/mol. The van der Waals surface area contributed by atoms with Crippen LogP contribution in [0.3, 0.4) is 0 Å². The monoisotopic (exact) mass is 204 g/mol. The third-order valence-corrected chi connectivity index (χ3v) is 2.34. The second-order valence-corrected chi connectivity index (χ2v) is 3.61. The van der Waals surface area contributed by atoms with E-state index in [2.05, 4.69) is 18.7 Å². The van der Waals surface area contributed by atoms with Crippen molar-refractivity contribution in [1.82, 2.24) is 0 Å². The van der Waals surface area contributed by atoms with E-state index >= 15 is 0 Å². The molecule has 0 saturated heterocycles. The van der Waals surface area contributed by atoms with Crippen LogP contribution in [0.5, 0.6) is 0 Å². The number of hydrogen-bond donors (Lipinski definition) is 0. The SMILES string of the molecule is CCCN(CCC)c1ccccc1[C]=O. The minimum atomic E-state index is 0.666. The Bertz CT molecular complexity index is 303. The molecular weight excluding hydrogens is 186 g/mol. The van der Waals surface area contributed by atoms with E-state index in [1.807, 2.05) is 30.6 Å². The van der Waals surface area contributed by atoms with Gasteiger partial charge in [0, 0.05) is 24.3 Å². The molecule has 0 aliphatic heterocycles. The van der Waals surface area contributed by atoms with Crippen molar-refractivity contribution in [2.45, 2.75) is 26.7 Å². The van der Waals surface area contributed by atoms with Crippen molar-refractivity contribution in [3.63, 3.8) is 0 Å². The van der Waals surface area contributed by atoms with E-state index in [0.717, 1.165) is 31.6 Å². The highest BCUT2D eigenvalue weighted by molar-refractivity contribution is 5.84. The van der Waals surface area contributed by atoms with Crippen LogP contribution < -0.4 is 4.90 Å². The van der Waals surface area contributed by atoms with Gasteiger partial charge in [-0.2, -0.15) is 0 Å². The number of nitrogens with zero attached hydrogens (tertiary/aromatic N) is 1. The minimum absolute atomic E-state index is 0.666. The molecule has 0 atom stereocenters. The van der Waals surface area contributed by atoms with Crippen LogP contribution in [-0.4, -0.2) is 19.4 Å². The third-order valence-electron chi connectivity index (χ3n) is 2.34. The van der Waals surface area contributed by atoms with E-state index in [9.17, 15) is 4.79 Å². The Kier molecular flexibility index (Phi) is 4.88. The number of rotatable bonds is 6. The summed E-state index contributed by atoms with van der Waals surface area (Å²) in [6.07, 6.45) is 4.18. The third kappa shape index (κ3) is 3.08. The van der Waals surface area contributed by atoms with Gasteiger partial charge in [0.05, 0.1) is 0 Å². The second-order valence-electron chi connectivity index (χ2n) is 3.61. The lowest BCUT2D eigenvalue weighted by atomic mass is 10.1. The fraction of sp³-hybridized carbons (Fsp3) is 0.462. The molecule has 0 unspecified atom stereocenters. The Morgan fingerprint density at radius 1 is 1.13 bits per heavy atom. The van der Waals surface area contributed by atoms with Gasteiger partial charge in [-0.05, 0) is 25.0 Å². The average Bonchev–Trinajstić information content (AvgIpc) is 2.29. The first-order valence-electron chi connectivity index (χ1n) is 5.55. The van der Waals surface area contributed by atoms with Crippen LogP contribution in [-0.2, 0) is 4.79 Å². The lowest BCUT2D eigenvalue weighted by molar-refractivity contribution is 0.562. The molecular formula is C13H18NO. The van der Waals surface area contributed by atoms with E-state index in [-0.39, 0.29) is 0 Å². The van der Waals surface area contributed by atoms with Crippen LogP contribution in [0.25, 0.3) is 0 Å². The number of benzene rings is 1. The maximum atomic E-state index is 10.8. The van der Waals surface area contributed by atoms with Crippen LogP contribution in [0, 0.1) is 0 Å². The summed E-state index contributed by atoms with van der Waals surface area (Å²) < 4.78 is 0. The topological polar surface area (TPSA) is 20.3 Å². The molecule has 0 spiro atoms. The lowest BCUT2D eigenvalue weighted by Gasteiger charge is -2.24. The van der Waals surface area contributed by atoms with Crippen molar-refractivity contribution in [3.8, 4) is 0 Å². The van der Waals surface area contributed by atoms with Crippen LogP contribution in [0.2, 0.25) is 0 Å². The van der Waals surface area contributed by atoms with Crippen molar-refractivity contribution in [1.29, 1.82) is 0 Å². The zero-order valence-electron chi connectivity index (χ0n) is 9.49. The first kappa shape index (κ1) is 11.8. The highest BCUT2D eigenvalue weighted by Crippen LogP contribution is 2.19. The molecule has 0 amide bonds. The molecule has 0 aromatic heterocycles. The molecule has 0 bridgehead atoms. The maximum Gasteiger partial charge on any atom is 0.235 e. The Hall–Kier alpha value is -1.31.